The summed E-state index contributed by atoms with van der Waals surface area (Å²) in [5.74, 6) is 1.30. The highest BCUT2D eigenvalue weighted by atomic mass is 16.6. The Morgan fingerprint density at radius 3 is 0.972 bits per heavy atom. The van der Waals surface area contributed by atoms with Gasteiger partial charge in [-0.15, -0.1) is 0 Å². The Bertz CT molecular complexity index is 2230. The molecule has 72 heavy (non-hydrogen) atoms. The summed E-state index contributed by atoms with van der Waals surface area (Å²) >= 11 is 0. The summed E-state index contributed by atoms with van der Waals surface area (Å²) in [5.41, 5.74) is 3.13. The molecule has 3 heterocycles. The predicted molar refractivity (Wildman–Crippen MR) is 272 cm³/mol. The lowest BCUT2D eigenvalue weighted by molar-refractivity contribution is 0.0636. The standard InChI is InChI=1S/C58H70N2O12/c61-49(25-13-9-5-1-3-7-11-19-31-59-55(63)45-21-15-16-22-46(45)56(59)64)43-27-29-51-53(41-43)71-39-35-67-34-38-70-52-30-28-44(42-54(52)72-40-36-68-33-37-69-51)50(62)26-14-10-6-2-4-8-12-20-32-60-57(65)47-23-17-18-24-48(47)58(60)66/h15-18,21-24,27-30,41-42H,1-14,19-20,25-26,31-40H2. The van der Waals surface area contributed by atoms with Crippen molar-refractivity contribution in [1.29, 1.82) is 0 Å². The van der Waals surface area contributed by atoms with Crippen molar-refractivity contribution in [2.75, 3.05) is 65.9 Å². The number of rotatable bonds is 24. The van der Waals surface area contributed by atoms with Crippen LogP contribution in [0.4, 0.5) is 0 Å². The van der Waals surface area contributed by atoms with Crippen molar-refractivity contribution in [3.05, 3.63) is 118 Å². The maximum Gasteiger partial charge on any atom is 0.261 e. The van der Waals surface area contributed by atoms with E-state index in [1.807, 2.05) is 0 Å². The molecule has 0 N–H and O–H groups in total. The first-order chi connectivity index (χ1) is 35.3. The van der Waals surface area contributed by atoms with Crippen LogP contribution in [0.15, 0.2) is 84.9 Å². The van der Waals surface area contributed by atoms with Crippen molar-refractivity contribution in [1.82, 2.24) is 9.80 Å². The number of hydrogen-bond donors (Lipinski definition) is 0. The Morgan fingerprint density at radius 2 is 0.639 bits per heavy atom. The maximum atomic E-state index is 13.2. The lowest BCUT2D eigenvalue weighted by Crippen LogP contribution is -2.30. The number of fused-ring (bicyclic) bond motifs is 4. The highest BCUT2D eigenvalue weighted by Gasteiger charge is 2.35. The van der Waals surface area contributed by atoms with E-state index >= 15 is 0 Å². The summed E-state index contributed by atoms with van der Waals surface area (Å²) < 4.78 is 35.8. The van der Waals surface area contributed by atoms with Crippen molar-refractivity contribution >= 4 is 35.2 Å². The highest BCUT2D eigenvalue weighted by Crippen LogP contribution is 2.32. The summed E-state index contributed by atoms with van der Waals surface area (Å²) in [6.45, 7) is 3.06. The second-order valence-corrected chi connectivity index (χ2v) is 18.6. The van der Waals surface area contributed by atoms with E-state index in [-0.39, 0.29) is 74.8 Å². The summed E-state index contributed by atoms with van der Waals surface area (Å²) in [4.78, 5) is 79.4. The van der Waals surface area contributed by atoms with Crippen LogP contribution in [0, 0.1) is 0 Å². The summed E-state index contributed by atoms with van der Waals surface area (Å²) in [7, 11) is 0. The second-order valence-electron chi connectivity index (χ2n) is 18.6. The van der Waals surface area contributed by atoms with Crippen LogP contribution in [-0.4, -0.2) is 111 Å². The predicted octanol–water partition coefficient (Wildman–Crippen LogP) is 10.9. The fraction of sp³-hybridized carbons (Fsp3) is 0.483. The van der Waals surface area contributed by atoms with E-state index in [0.717, 1.165) is 103 Å². The molecule has 0 saturated carbocycles. The first-order valence-corrected chi connectivity index (χ1v) is 26.2. The zero-order chi connectivity index (χ0) is 50.3. The van der Waals surface area contributed by atoms with Crippen molar-refractivity contribution in [3.8, 4) is 23.0 Å². The molecule has 0 saturated heterocycles. The maximum absolute atomic E-state index is 13.2. The molecule has 0 atom stereocenters. The van der Waals surface area contributed by atoms with Gasteiger partial charge in [0, 0.05) is 37.1 Å². The number of amides is 4. The van der Waals surface area contributed by atoms with Gasteiger partial charge in [-0.05, 0) is 86.3 Å². The van der Waals surface area contributed by atoms with Crippen LogP contribution in [0.1, 0.15) is 178 Å². The van der Waals surface area contributed by atoms with Crippen LogP contribution in [0.2, 0.25) is 0 Å². The van der Waals surface area contributed by atoms with Gasteiger partial charge in [0.25, 0.3) is 23.6 Å². The quantitative estimate of drug-likeness (QED) is 0.0371. The number of ether oxygens (including phenoxy) is 6. The molecule has 4 aromatic rings. The Labute approximate surface area is 423 Å². The van der Waals surface area contributed by atoms with Gasteiger partial charge in [-0.1, -0.05) is 101 Å². The Kier molecular flexibility index (Phi) is 21.2. The van der Waals surface area contributed by atoms with E-state index < -0.39 is 0 Å². The van der Waals surface area contributed by atoms with Gasteiger partial charge >= 0.3 is 0 Å². The van der Waals surface area contributed by atoms with Gasteiger partial charge in [0.15, 0.2) is 34.6 Å². The third kappa shape index (κ3) is 15.3. The van der Waals surface area contributed by atoms with E-state index in [4.69, 9.17) is 28.4 Å². The molecule has 14 heteroatoms. The minimum absolute atomic E-state index is 0.0519. The fourth-order valence-corrected chi connectivity index (χ4v) is 9.28. The van der Waals surface area contributed by atoms with Gasteiger partial charge in [0.2, 0.25) is 0 Å². The molecular formula is C58H70N2O12. The average molecular weight is 987 g/mol. The molecule has 4 aromatic carbocycles. The van der Waals surface area contributed by atoms with Crippen molar-refractivity contribution in [2.24, 2.45) is 0 Å². The van der Waals surface area contributed by atoms with E-state index in [9.17, 15) is 28.8 Å². The van der Waals surface area contributed by atoms with Crippen LogP contribution >= 0.6 is 0 Å². The number of unbranched alkanes of at least 4 members (excludes halogenated alkanes) is 14. The molecule has 0 radical (unpaired) electrons. The molecule has 14 nitrogen and oxygen atoms in total. The van der Waals surface area contributed by atoms with Crippen LogP contribution < -0.4 is 18.9 Å². The number of hydrogen-bond acceptors (Lipinski definition) is 12. The van der Waals surface area contributed by atoms with Crippen LogP contribution in [0.5, 0.6) is 23.0 Å². The number of imide groups is 2. The van der Waals surface area contributed by atoms with Gasteiger partial charge in [-0.2, -0.15) is 0 Å². The number of Topliss-reactive ketones (excluding diaryl/α,β-unsaturated/α-hetero) is 2. The van der Waals surface area contributed by atoms with Crippen molar-refractivity contribution in [2.45, 2.75) is 116 Å². The number of benzene rings is 4. The zero-order valence-corrected chi connectivity index (χ0v) is 41.7. The molecule has 0 spiro atoms. The minimum Gasteiger partial charge on any atom is -0.487 e. The number of carbonyl (C=O) groups excluding carboxylic acids is 6. The lowest BCUT2D eigenvalue weighted by Gasteiger charge is -2.16. The van der Waals surface area contributed by atoms with Gasteiger partial charge in [0.05, 0.1) is 48.7 Å². The molecule has 0 bridgehead atoms. The molecule has 0 unspecified atom stereocenters. The largest absolute Gasteiger partial charge is 0.487 e. The van der Waals surface area contributed by atoms with Gasteiger partial charge in [0.1, 0.15) is 26.4 Å². The number of nitrogens with zero attached hydrogens (tertiary/aromatic N) is 2. The molecule has 384 valence electrons. The molecule has 0 aliphatic carbocycles. The van der Waals surface area contributed by atoms with E-state index in [1.165, 1.54) is 9.80 Å². The van der Waals surface area contributed by atoms with E-state index in [1.54, 1.807) is 84.9 Å². The van der Waals surface area contributed by atoms with Gasteiger partial charge in [-0.3, -0.25) is 38.6 Å². The average Bonchev–Trinajstić information content (AvgIpc) is 3.79. The molecule has 0 fully saturated rings. The van der Waals surface area contributed by atoms with E-state index in [2.05, 4.69) is 0 Å². The minimum atomic E-state index is -0.192. The monoisotopic (exact) mass is 986 g/mol. The fourth-order valence-electron chi connectivity index (χ4n) is 9.28. The van der Waals surface area contributed by atoms with E-state index in [0.29, 0.717) is 95.5 Å². The Morgan fingerprint density at radius 1 is 0.347 bits per heavy atom. The molecular weight excluding hydrogens is 917 g/mol. The second kappa shape index (κ2) is 28.6. The van der Waals surface area contributed by atoms with Crippen LogP contribution in [0.3, 0.4) is 0 Å². The Hall–Kier alpha value is -6.38. The molecule has 7 rings (SSSR count). The highest BCUT2D eigenvalue weighted by molar-refractivity contribution is 6.22. The van der Waals surface area contributed by atoms with Crippen molar-refractivity contribution < 1.29 is 57.2 Å². The van der Waals surface area contributed by atoms with Crippen LogP contribution in [-0.2, 0) is 9.47 Å². The first-order valence-electron chi connectivity index (χ1n) is 26.2. The zero-order valence-electron chi connectivity index (χ0n) is 41.7. The van der Waals surface area contributed by atoms with Crippen molar-refractivity contribution in [3.63, 3.8) is 0 Å². The molecule has 0 aromatic heterocycles. The molecule has 4 amide bonds. The number of carbonyl (C=O) groups is 6. The number of ketones is 2. The normalized spacial score (nSPS) is 15.3. The molecule has 3 aliphatic rings. The molecule has 3 aliphatic heterocycles. The summed E-state index contributed by atoms with van der Waals surface area (Å²) in [6, 6.07) is 24.5. The first kappa shape index (κ1) is 53.4. The topological polar surface area (TPSA) is 164 Å². The third-order valence-electron chi connectivity index (χ3n) is 13.3. The Balaban J connectivity index is 0.741. The van der Waals surface area contributed by atoms with Gasteiger partial charge in [-0.25, -0.2) is 0 Å². The third-order valence-corrected chi connectivity index (χ3v) is 13.3. The smallest absolute Gasteiger partial charge is 0.261 e. The summed E-state index contributed by atoms with van der Waals surface area (Å²) in [5, 5.41) is 0. The summed E-state index contributed by atoms with van der Waals surface area (Å²) in [6.07, 6.45) is 16.4. The lowest BCUT2D eigenvalue weighted by atomic mass is 10.0. The SMILES string of the molecule is O=C(CCCCCCCCCCN1C(=O)c2ccccc2C1=O)c1ccc2c(c1)OCCOCCOc1ccc(C(=O)CCCCCCCCCCN3C(=O)c4ccccc4C3=O)cc1OCCOCCO2. The van der Waals surface area contributed by atoms with Gasteiger partial charge < -0.3 is 28.4 Å². The van der Waals surface area contributed by atoms with Crippen LogP contribution in [0.25, 0.3) is 0 Å².